The second kappa shape index (κ2) is 5.32. The van der Waals surface area contributed by atoms with Gasteiger partial charge in [0.05, 0.1) is 26.6 Å². The summed E-state index contributed by atoms with van der Waals surface area (Å²) in [5, 5.41) is 13.9. The summed E-state index contributed by atoms with van der Waals surface area (Å²) in [5.74, 6) is -0.373. The smallest absolute Gasteiger partial charge is 0.271 e. The Labute approximate surface area is 119 Å². The van der Waals surface area contributed by atoms with Crippen LogP contribution in [0, 0.1) is 10.1 Å². The zero-order valence-electron chi connectivity index (χ0n) is 10.0. The molecule has 0 bridgehead atoms. The number of likely N-dealkylation sites (N-methyl/N-ethyl adjacent to an activating group) is 1. The molecule has 0 atom stereocenters. The SMILES string of the molecule is CN(C(=O)c1cc([N+](=O)[O-])cc(Cl)c1Cl)C1CNC1. The van der Waals surface area contributed by atoms with Crippen LogP contribution >= 0.6 is 23.2 Å². The number of nitrogens with zero attached hydrogens (tertiary/aromatic N) is 2. The van der Waals surface area contributed by atoms with Gasteiger partial charge in [-0.3, -0.25) is 14.9 Å². The highest BCUT2D eigenvalue weighted by molar-refractivity contribution is 6.44. The van der Waals surface area contributed by atoms with E-state index in [1.165, 1.54) is 4.90 Å². The van der Waals surface area contributed by atoms with E-state index in [2.05, 4.69) is 5.32 Å². The first-order chi connectivity index (χ1) is 8.91. The lowest BCUT2D eigenvalue weighted by molar-refractivity contribution is -0.384. The van der Waals surface area contributed by atoms with Gasteiger partial charge < -0.3 is 10.2 Å². The first-order valence-corrected chi connectivity index (χ1v) is 6.28. The van der Waals surface area contributed by atoms with Gasteiger partial charge in [0.1, 0.15) is 0 Å². The van der Waals surface area contributed by atoms with Crippen molar-refractivity contribution in [2.24, 2.45) is 0 Å². The fourth-order valence-corrected chi connectivity index (χ4v) is 2.14. The van der Waals surface area contributed by atoms with Crippen LogP contribution in [0.3, 0.4) is 0 Å². The van der Waals surface area contributed by atoms with Crippen molar-refractivity contribution in [3.05, 3.63) is 37.9 Å². The van der Waals surface area contributed by atoms with Crippen LogP contribution in [0.1, 0.15) is 10.4 Å². The van der Waals surface area contributed by atoms with Crippen molar-refractivity contribution in [1.82, 2.24) is 10.2 Å². The molecule has 1 N–H and O–H groups in total. The van der Waals surface area contributed by atoms with Crippen LogP contribution in [0.25, 0.3) is 0 Å². The molecule has 1 aromatic rings. The number of nitro groups is 1. The molecule has 8 heteroatoms. The van der Waals surface area contributed by atoms with Gasteiger partial charge in [0.25, 0.3) is 11.6 Å². The monoisotopic (exact) mass is 303 g/mol. The third kappa shape index (κ3) is 2.65. The maximum absolute atomic E-state index is 12.3. The second-order valence-corrected chi connectivity index (χ2v) is 5.06. The van der Waals surface area contributed by atoms with Gasteiger partial charge in [-0.25, -0.2) is 0 Å². The fourth-order valence-electron chi connectivity index (χ4n) is 1.74. The second-order valence-electron chi connectivity index (χ2n) is 4.27. The Morgan fingerprint density at radius 3 is 2.58 bits per heavy atom. The Balaban J connectivity index is 2.37. The molecule has 0 spiro atoms. The first-order valence-electron chi connectivity index (χ1n) is 5.53. The molecule has 1 fully saturated rings. The molecule has 0 unspecified atom stereocenters. The number of non-ortho nitro benzene ring substituents is 1. The van der Waals surface area contributed by atoms with Crippen molar-refractivity contribution >= 4 is 34.8 Å². The van der Waals surface area contributed by atoms with E-state index in [0.29, 0.717) is 13.1 Å². The number of benzene rings is 1. The summed E-state index contributed by atoms with van der Waals surface area (Å²) < 4.78 is 0. The number of carbonyl (C=O) groups is 1. The van der Waals surface area contributed by atoms with Crippen molar-refractivity contribution in [2.75, 3.05) is 20.1 Å². The van der Waals surface area contributed by atoms with Gasteiger partial charge in [0.15, 0.2) is 0 Å². The fraction of sp³-hybridized carbons (Fsp3) is 0.364. The quantitative estimate of drug-likeness (QED) is 0.684. The molecular weight excluding hydrogens is 293 g/mol. The standard InChI is InChI=1S/C11H11Cl2N3O3/c1-15(7-4-14-5-7)11(17)8-2-6(16(18)19)3-9(12)10(8)13/h2-3,7,14H,4-5H2,1H3. The number of amides is 1. The molecule has 1 heterocycles. The van der Waals surface area contributed by atoms with Crippen LogP contribution in [-0.4, -0.2) is 41.9 Å². The van der Waals surface area contributed by atoms with Crippen molar-refractivity contribution in [3.8, 4) is 0 Å². The molecule has 6 nitrogen and oxygen atoms in total. The number of rotatable bonds is 3. The summed E-state index contributed by atoms with van der Waals surface area (Å²) in [6.45, 7) is 1.39. The van der Waals surface area contributed by atoms with Crippen LogP contribution in [0.4, 0.5) is 5.69 Å². The summed E-state index contributed by atoms with van der Waals surface area (Å²) in [5.41, 5.74) is -0.201. The minimum Gasteiger partial charge on any atom is -0.336 e. The Morgan fingerprint density at radius 1 is 1.47 bits per heavy atom. The van der Waals surface area contributed by atoms with E-state index >= 15 is 0 Å². The van der Waals surface area contributed by atoms with Crippen LogP contribution in [0.5, 0.6) is 0 Å². The van der Waals surface area contributed by atoms with Crippen LogP contribution < -0.4 is 5.32 Å². The maximum Gasteiger partial charge on any atom is 0.271 e. The molecule has 2 rings (SSSR count). The molecule has 102 valence electrons. The lowest BCUT2D eigenvalue weighted by Gasteiger charge is -2.35. The van der Waals surface area contributed by atoms with E-state index in [9.17, 15) is 14.9 Å². The highest BCUT2D eigenvalue weighted by atomic mass is 35.5. The minimum absolute atomic E-state index is 0.000601. The van der Waals surface area contributed by atoms with Crippen molar-refractivity contribution < 1.29 is 9.72 Å². The van der Waals surface area contributed by atoms with Crippen LogP contribution in [0.15, 0.2) is 12.1 Å². The predicted octanol–water partition coefficient (Wildman–Crippen LogP) is 1.95. The van der Waals surface area contributed by atoms with E-state index in [1.54, 1.807) is 7.05 Å². The van der Waals surface area contributed by atoms with E-state index < -0.39 is 4.92 Å². The van der Waals surface area contributed by atoms with Gasteiger partial charge in [0, 0.05) is 32.3 Å². The molecule has 1 saturated heterocycles. The number of nitrogens with one attached hydrogen (secondary N) is 1. The summed E-state index contributed by atoms with van der Waals surface area (Å²) in [4.78, 5) is 23.9. The third-order valence-electron chi connectivity index (χ3n) is 3.08. The van der Waals surface area contributed by atoms with Gasteiger partial charge >= 0.3 is 0 Å². The van der Waals surface area contributed by atoms with E-state index in [1.807, 2.05) is 0 Å². The number of halogens is 2. The van der Waals surface area contributed by atoms with E-state index in [4.69, 9.17) is 23.2 Å². The summed E-state index contributed by atoms with van der Waals surface area (Å²) in [6, 6.07) is 2.35. The number of hydrogen-bond acceptors (Lipinski definition) is 4. The molecule has 1 aliphatic rings. The number of carbonyl (C=O) groups excluding carboxylic acids is 1. The van der Waals surface area contributed by atoms with Crippen LogP contribution in [-0.2, 0) is 0 Å². The van der Waals surface area contributed by atoms with E-state index in [-0.39, 0.29) is 33.2 Å². The first kappa shape index (κ1) is 14.0. The zero-order valence-corrected chi connectivity index (χ0v) is 11.5. The lowest BCUT2D eigenvalue weighted by Crippen LogP contribution is -2.57. The Hall–Kier alpha value is -1.37. The number of nitro benzene ring substituents is 1. The van der Waals surface area contributed by atoms with Gasteiger partial charge in [-0.05, 0) is 0 Å². The summed E-state index contributed by atoms with van der Waals surface area (Å²) >= 11 is 11.8. The molecule has 0 aliphatic carbocycles. The Morgan fingerprint density at radius 2 is 2.11 bits per heavy atom. The molecular formula is C11H11Cl2N3O3. The minimum atomic E-state index is -0.607. The molecule has 0 aromatic heterocycles. The zero-order chi connectivity index (χ0) is 14.2. The van der Waals surface area contributed by atoms with E-state index in [0.717, 1.165) is 12.1 Å². The van der Waals surface area contributed by atoms with Gasteiger partial charge in [-0.2, -0.15) is 0 Å². The predicted molar refractivity (Wildman–Crippen MR) is 71.9 cm³/mol. The summed E-state index contributed by atoms with van der Waals surface area (Å²) in [6.07, 6.45) is 0. The van der Waals surface area contributed by atoms with Gasteiger partial charge in [-0.1, -0.05) is 23.2 Å². The number of hydrogen-bond donors (Lipinski definition) is 1. The Kier molecular flexibility index (Phi) is 3.93. The molecule has 1 aromatic carbocycles. The lowest BCUT2D eigenvalue weighted by atomic mass is 10.1. The third-order valence-corrected chi connectivity index (χ3v) is 3.88. The van der Waals surface area contributed by atoms with Crippen molar-refractivity contribution in [3.63, 3.8) is 0 Å². The average Bonchev–Trinajstić information content (AvgIpc) is 2.29. The normalized spacial score (nSPS) is 14.9. The van der Waals surface area contributed by atoms with Gasteiger partial charge in [-0.15, -0.1) is 0 Å². The van der Waals surface area contributed by atoms with Crippen molar-refractivity contribution in [1.29, 1.82) is 0 Å². The van der Waals surface area contributed by atoms with Crippen LogP contribution in [0.2, 0.25) is 10.0 Å². The molecule has 0 radical (unpaired) electrons. The largest absolute Gasteiger partial charge is 0.336 e. The van der Waals surface area contributed by atoms with Gasteiger partial charge in [0.2, 0.25) is 0 Å². The molecule has 19 heavy (non-hydrogen) atoms. The maximum atomic E-state index is 12.3. The molecule has 1 amide bonds. The topological polar surface area (TPSA) is 75.5 Å². The molecule has 1 aliphatic heterocycles. The highest BCUT2D eigenvalue weighted by Gasteiger charge is 2.29. The summed E-state index contributed by atoms with van der Waals surface area (Å²) in [7, 11) is 1.64. The Bertz CT molecular complexity index is 546. The highest BCUT2D eigenvalue weighted by Crippen LogP contribution is 2.31. The average molecular weight is 304 g/mol. The molecule has 0 saturated carbocycles. The van der Waals surface area contributed by atoms with Crippen molar-refractivity contribution in [2.45, 2.75) is 6.04 Å².